The van der Waals surface area contributed by atoms with Gasteiger partial charge >= 0.3 is 0 Å². The van der Waals surface area contributed by atoms with Crippen LogP contribution >= 0.6 is 0 Å². The lowest BCUT2D eigenvalue weighted by Gasteiger charge is -2.07. The van der Waals surface area contributed by atoms with Crippen molar-refractivity contribution in [2.45, 2.75) is 0 Å². The van der Waals surface area contributed by atoms with Gasteiger partial charge in [0.25, 0.3) is 5.91 Å². The molecule has 0 aliphatic carbocycles. The van der Waals surface area contributed by atoms with Crippen LogP contribution in [0.15, 0.2) is 0 Å². The molecular weight excluding hydrogens is 94.1 g/mol. The highest BCUT2D eigenvalue weighted by Crippen LogP contribution is 1.69. The lowest BCUT2D eigenvalue weighted by Crippen LogP contribution is -2.44. The zero-order chi connectivity index (χ0) is 5.11. The van der Waals surface area contributed by atoms with Gasteiger partial charge in [-0.2, -0.15) is 10.9 Å². The summed E-state index contributed by atoms with van der Waals surface area (Å²) in [4.78, 5) is 10.1. The second kappa shape index (κ2) is 1.90. The average molecular weight is 99.1 g/mol. The molecule has 0 saturated carbocycles. The summed E-state index contributed by atoms with van der Waals surface area (Å²) in [5.41, 5.74) is 5.79. The van der Waals surface area contributed by atoms with Crippen molar-refractivity contribution in [2.24, 2.45) is 0 Å². The molecule has 7 heavy (non-hydrogen) atoms. The summed E-state index contributed by atoms with van der Waals surface area (Å²) < 4.78 is 0. The van der Waals surface area contributed by atoms with Crippen LogP contribution < -0.4 is 16.2 Å². The van der Waals surface area contributed by atoms with Crippen molar-refractivity contribution < 1.29 is 4.79 Å². The Kier molecular flexibility index (Phi) is 1.24. The second-order valence-corrected chi connectivity index (χ2v) is 1.20. The van der Waals surface area contributed by atoms with Gasteiger partial charge in [0.2, 0.25) is 0 Å². The van der Waals surface area contributed by atoms with E-state index in [1.807, 2.05) is 0 Å². The molecule has 38 valence electrons. The molecule has 1 amide bonds. The number of nitrogens with zero attached hydrogens (tertiary/aromatic N) is 2. The topological polar surface area (TPSA) is 57.3 Å². The zero-order valence-electron chi connectivity index (χ0n) is 3.72. The van der Waals surface area contributed by atoms with Crippen LogP contribution in [-0.4, -0.2) is 19.1 Å². The predicted molar refractivity (Wildman–Crippen MR) is 22.1 cm³/mol. The highest BCUT2D eigenvalue weighted by molar-refractivity contribution is 5.77. The molecule has 1 saturated heterocycles. The quantitative estimate of drug-likeness (QED) is 0.389. The second-order valence-electron chi connectivity index (χ2n) is 1.20. The molecule has 1 rings (SSSR count). The maximum Gasteiger partial charge on any atom is 0.273 e. The van der Waals surface area contributed by atoms with Gasteiger partial charge in [-0.1, -0.05) is 0 Å². The van der Waals surface area contributed by atoms with E-state index < -0.39 is 0 Å². The van der Waals surface area contributed by atoms with Crippen LogP contribution in [0.2, 0.25) is 0 Å². The molecule has 2 radical (unpaired) electrons. The van der Waals surface area contributed by atoms with Crippen molar-refractivity contribution in [2.75, 3.05) is 13.2 Å². The highest BCUT2D eigenvalue weighted by Gasteiger charge is 2.06. The van der Waals surface area contributed by atoms with Crippen LogP contribution in [0.5, 0.6) is 0 Å². The van der Waals surface area contributed by atoms with Gasteiger partial charge in [-0.3, -0.25) is 4.79 Å². The van der Waals surface area contributed by atoms with Crippen molar-refractivity contribution in [1.29, 1.82) is 0 Å². The van der Waals surface area contributed by atoms with Crippen LogP contribution in [0.1, 0.15) is 0 Å². The summed E-state index contributed by atoms with van der Waals surface area (Å²) in [7, 11) is 0. The molecule has 4 nitrogen and oxygen atoms in total. The average Bonchev–Trinajstić information content (AvgIpc) is 1.69. The molecular formula is C3H5N3O. The normalized spacial score (nSPS) is 21.4. The molecule has 0 aromatic rings. The summed E-state index contributed by atoms with van der Waals surface area (Å²) in [6.45, 7) is 0.721. The van der Waals surface area contributed by atoms with E-state index in [9.17, 15) is 4.79 Å². The van der Waals surface area contributed by atoms with Crippen molar-refractivity contribution in [1.82, 2.24) is 16.2 Å². The molecule has 4 heteroatoms. The van der Waals surface area contributed by atoms with E-state index in [2.05, 4.69) is 16.2 Å². The van der Waals surface area contributed by atoms with Crippen LogP contribution in [0.25, 0.3) is 0 Å². The van der Waals surface area contributed by atoms with E-state index in [0.29, 0.717) is 6.67 Å². The number of hydrogen-bond donors (Lipinski definition) is 1. The first-order valence-corrected chi connectivity index (χ1v) is 1.99. The molecule has 1 heterocycles. The summed E-state index contributed by atoms with van der Waals surface area (Å²) in [6, 6.07) is 0. The van der Waals surface area contributed by atoms with Gasteiger partial charge in [-0.15, -0.1) is 0 Å². The van der Waals surface area contributed by atoms with Gasteiger partial charge in [0, 0.05) is 0 Å². The van der Waals surface area contributed by atoms with Crippen molar-refractivity contribution in [3.63, 3.8) is 0 Å². The van der Waals surface area contributed by atoms with E-state index in [1.54, 1.807) is 0 Å². The maximum absolute atomic E-state index is 10.1. The number of rotatable bonds is 0. The smallest absolute Gasteiger partial charge is 0.270 e. The Morgan fingerprint density at radius 2 is 2.57 bits per heavy atom. The minimum atomic E-state index is -0.189. The summed E-state index contributed by atoms with van der Waals surface area (Å²) in [5, 5.41) is 3.70. The first-order chi connectivity index (χ1) is 3.39. The third-order valence-electron chi connectivity index (χ3n) is 0.633. The number of nitrogens with one attached hydrogen (secondary N) is 1. The van der Waals surface area contributed by atoms with Crippen molar-refractivity contribution in [3.8, 4) is 0 Å². The van der Waals surface area contributed by atoms with Crippen LogP contribution in [0.4, 0.5) is 0 Å². The molecule has 0 aromatic carbocycles. The van der Waals surface area contributed by atoms with Gasteiger partial charge in [-0.25, -0.2) is 5.32 Å². The van der Waals surface area contributed by atoms with Gasteiger partial charge in [-0.05, 0) is 0 Å². The number of carbonyl (C=O) groups excluding carboxylic acids is 1. The molecule has 1 aliphatic heterocycles. The van der Waals surface area contributed by atoms with Gasteiger partial charge in [0.05, 0.1) is 13.2 Å². The van der Waals surface area contributed by atoms with E-state index >= 15 is 0 Å². The summed E-state index contributed by atoms with van der Waals surface area (Å²) in [5.74, 6) is -0.189. The number of amides is 1. The Morgan fingerprint density at radius 1 is 1.71 bits per heavy atom. The first kappa shape index (κ1) is 4.55. The molecule has 0 spiro atoms. The first-order valence-electron chi connectivity index (χ1n) is 1.99. The maximum atomic E-state index is 10.1. The fourth-order valence-electron chi connectivity index (χ4n) is 0.360. The molecule has 1 aliphatic rings. The fourth-order valence-corrected chi connectivity index (χ4v) is 0.360. The summed E-state index contributed by atoms with van der Waals surface area (Å²) >= 11 is 0. The zero-order valence-corrected chi connectivity index (χ0v) is 3.72. The van der Waals surface area contributed by atoms with Gasteiger partial charge in [0.15, 0.2) is 0 Å². The van der Waals surface area contributed by atoms with E-state index in [0.717, 1.165) is 0 Å². The number of hydrogen-bond acceptors (Lipinski definition) is 2. The minimum Gasteiger partial charge on any atom is -0.270 e. The lowest BCUT2D eigenvalue weighted by atomic mass is 10.6. The Bertz CT molecular complexity index is 74.2. The third kappa shape index (κ3) is 1.13. The molecule has 0 unspecified atom stereocenters. The van der Waals surface area contributed by atoms with E-state index in [4.69, 9.17) is 0 Å². The van der Waals surface area contributed by atoms with E-state index in [-0.39, 0.29) is 12.5 Å². The Balaban J connectivity index is 2.25. The molecule has 0 bridgehead atoms. The summed E-state index contributed by atoms with van der Waals surface area (Å²) in [6.07, 6.45) is 0. The van der Waals surface area contributed by atoms with Crippen molar-refractivity contribution >= 4 is 5.91 Å². The molecule has 1 N–H and O–H groups in total. The SMILES string of the molecule is O=C1C[N]CN[N]1. The largest absolute Gasteiger partial charge is 0.273 e. The van der Waals surface area contributed by atoms with Gasteiger partial charge < -0.3 is 0 Å². The number of carbonyl (C=O) groups is 1. The standard InChI is InChI=1S/C3H5N3O/c7-3-1-4-2-5-6-3/h5H,1-2H2. The highest BCUT2D eigenvalue weighted by atomic mass is 16.2. The van der Waals surface area contributed by atoms with E-state index in [1.165, 1.54) is 0 Å². The minimum absolute atomic E-state index is 0.189. The van der Waals surface area contributed by atoms with Crippen LogP contribution in [0.3, 0.4) is 0 Å². The Labute approximate surface area is 41.2 Å². The van der Waals surface area contributed by atoms with Crippen LogP contribution in [-0.2, 0) is 4.79 Å². The molecule has 1 fully saturated rings. The Hall–Kier alpha value is -0.610. The molecule has 0 aromatic heterocycles. The van der Waals surface area contributed by atoms with Gasteiger partial charge in [0.1, 0.15) is 0 Å². The van der Waals surface area contributed by atoms with Crippen LogP contribution in [0, 0.1) is 0 Å². The molecule has 0 atom stereocenters. The monoisotopic (exact) mass is 99.0 g/mol. The third-order valence-corrected chi connectivity index (χ3v) is 0.633. The van der Waals surface area contributed by atoms with Crippen molar-refractivity contribution in [3.05, 3.63) is 0 Å². The predicted octanol–water partition coefficient (Wildman–Crippen LogP) is -1.80. The lowest BCUT2D eigenvalue weighted by molar-refractivity contribution is -0.123. The Morgan fingerprint density at radius 3 is 2.86 bits per heavy atom. The fraction of sp³-hybridized carbons (Fsp3) is 0.667.